The van der Waals surface area contributed by atoms with Gasteiger partial charge in [0.05, 0.1) is 32.8 Å². The average Bonchev–Trinajstić information content (AvgIpc) is 3.54. The highest BCUT2D eigenvalue weighted by Crippen LogP contribution is 2.51. The summed E-state index contributed by atoms with van der Waals surface area (Å²) in [6.07, 6.45) is -3.96. The Labute approximate surface area is 215 Å². The molecule has 0 saturated heterocycles. The van der Waals surface area contributed by atoms with Gasteiger partial charge in [-0.1, -0.05) is 28.4 Å². The lowest BCUT2D eigenvalue weighted by atomic mass is 9.87. The summed E-state index contributed by atoms with van der Waals surface area (Å²) in [6, 6.07) is 1.61. The Morgan fingerprint density at radius 2 is 1.81 bits per heavy atom. The molecule has 194 valence electrons. The SMILES string of the molecule is O=C(CNC(=O)c1sc(C2=NO[C@@](c3cc(Cl)c(F)c(Cl)c3)(C(F)(F)F)C2)c2c1CCC2)NCCF. The number of carbonyl (C=O) groups excluding carboxylic acids is 2. The van der Waals surface area contributed by atoms with E-state index in [1.54, 1.807) is 0 Å². The van der Waals surface area contributed by atoms with Crippen LogP contribution in [-0.4, -0.2) is 43.5 Å². The molecule has 2 N–H and O–H groups in total. The second-order valence-corrected chi connectivity index (χ2v) is 10.0. The number of nitrogens with one attached hydrogen (secondary N) is 2. The van der Waals surface area contributed by atoms with Gasteiger partial charge in [-0.3, -0.25) is 9.59 Å². The topological polar surface area (TPSA) is 79.8 Å². The van der Waals surface area contributed by atoms with Crippen molar-refractivity contribution in [2.45, 2.75) is 37.5 Å². The third-order valence-corrected chi connectivity index (χ3v) is 7.77. The lowest BCUT2D eigenvalue weighted by Crippen LogP contribution is -2.42. The number of hydrogen-bond donors (Lipinski definition) is 2. The molecular weight excluding hydrogens is 552 g/mol. The number of halogens is 7. The van der Waals surface area contributed by atoms with Crippen molar-refractivity contribution in [1.29, 1.82) is 0 Å². The minimum absolute atomic E-state index is 0.0215. The molecule has 2 aliphatic rings. The fourth-order valence-electron chi connectivity index (χ4n) is 4.19. The number of fused-ring (bicyclic) bond motifs is 1. The van der Waals surface area contributed by atoms with E-state index in [2.05, 4.69) is 15.8 Å². The van der Waals surface area contributed by atoms with Crippen molar-refractivity contribution in [1.82, 2.24) is 10.6 Å². The molecule has 0 radical (unpaired) electrons. The van der Waals surface area contributed by atoms with Gasteiger partial charge in [-0.2, -0.15) is 13.2 Å². The van der Waals surface area contributed by atoms with Crippen molar-refractivity contribution in [2.75, 3.05) is 19.8 Å². The summed E-state index contributed by atoms with van der Waals surface area (Å²) in [5.41, 5.74) is -2.10. The Bertz CT molecular complexity index is 1230. The van der Waals surface area contributed by atoms with Crippen LogP contribution in [0.3, 0.4) is 0 Å². The van der Waals surface area contributed by atoms with E-state index in [1.807, 2.05) is 0 Å². The summed E-state index contributed by atoms with van der Waals surface area (Å²) in [5, 5.41) is 7.28. The van der Waals surface area contributed by atoms with E-state index < -0.39 is 58.1 Å². The van der Waals surface area contributed by atoms with E-state index in [-0.39, 0.29) is 23.7 Å². The first-order valence-corrected chi connectivity index (χ1v) is 12.3. The zero-order valence-corrected chi connectivity index (χ0v) is 20.7. The van der Waals surface area contributed by atoms with Crippen molar-refractivity contribution in [3.63, 3.8) is 0 Å². The predicted octanol–water partition coefficient (Wildman–Crippen LogP) is 5.08. The van der Waals surface area contributed by atoms with Crippen LogP contribution in [0.25, 0.3) is 0 Å². The van der Waals surface area contributed by atoms with Crippen LogP contribution >= 0.6 is 34.5 Å². The van der Waals surface area contributed by atoms with Gasteiger partial charge in [0.15, 0.2) is 5.82 Å². The molecule has 4 rings (SSSR count). The van der Waals surface area contributed by atoms with Crippen molar-refractivity contribution in [3.05, 3.63) is 54.4 Å². The number of rotatable bonds is 7. The maximum Gasteiger partial charge on any atom is 0.435 e. The fourth-order valence-corrected chi connectivity index (χ4v) is 5.97. The third kappa shape index (κ3) is 4.78. The highest BCUT2D eigenvalue weighted by atomic mass is 35.5. The van der Waals surface area contributed by atoms with Crippen LogP contribution in [0.1, 0.15) is 44.1 Å². The highest BCUT2D eigenvalue weighted by molar-refractivity contribution is 7.16. The fraction of sp³-hybridized carbons (Fsp3) is 0.409. The lowest BCUT2D eigenvalue weighted by Gasteiger charge is -2.29. The first-order chi connectivity index (χ1) is 17.0. The van der Waals surface area contributed by atoms with Crippen molar-refractivity contribution in [3.8, 4) is 0 Å². The Balaban J connectivity index is 1.63. The van der Waals surface area contributed by atoms with Gasteiger partial charge in [0.1, 0.15) is 12.4 Å². The second kappa shape index (κ2) is 10.1. The van der Waals surface area contributed by atoms with Crippen LogP contribution in [0, 0.1) is 5.82 Å². The number of thiophene rings is 1. The maximum atomic E-state index is 14.3. The van der Waals surface area contributed by atoms with Gasteiger partial charge >= 0.3 is 6.18 Å². The van der Waals surface area contributed by atoms with Crippen LogP contribution in [0.15, 0.2) is 17.3 Å². The summed E-state index contributed by atoms with van der Waals surface area (Å²) < 4.78 is 69.0. The van der Waals surface area contributed by atoms with E-state index in [1.165, 1.54) is 0 Å². The first-order valence-electron chi connectivity index (χ1n) is 10.7. The number of hydrogen-bond acceptors (Lipinski definition) is 5. The molecule has 14 heteroatoms. The maximum absolute atomic E-state index is 14.3. The quantitative estimate of drug-likeness (QED) is 0.360. The molecule has 1 aromatic heterocycles. The number of nitrogens with zero attached hydrogens (tertiary/aromatic N) is 1. The summed E-state index contributed by atoms with van der Waals surface area (Å²) in [4.78, 5) is 30.1. The summed E-state index contributed by atoms with van der Waals surface area (Å²) in [5.74, 6) is -2.20. The van der Waals surface area contributed by atoms with E-state index >= 15 is 0 Å². The average molecular weight is 570 g/mol. The second-order valence-electron chi connectivity index (χ2n) is 8.18. The number of amides is 2. The van der Waals surface area contributed by atoms with Crippen LogP contribution in [0.4, 0.5) is 22.0 Å². The van der Waals surface area contributed by atoms with Gasteiger partial charge in [0.25, 0.3) is 11.5 Å². The van der Waals surface area contributed by atoms with Crippen LogP contribution in [-0.2, 0) is 28.1 Å². The molecule has 0 fully saturated rings. The van der Waals surface area contributed by atoms with Crippen LogP contribution in [0.5, 0.6) is 0 Å². The molecule has 2 amide bonds. The van der Waals surface area contributed by atoms with Gasteiger partial charge in [-0.25, -0.2) is 8.78 Å². The summed E-state index contributed by atoms with van der Waals surface area (Å²) in [6.45, 7) is -1.31. The summed E-state index contributed by atoms with van der Waals surface area (Å²) in [7, 11) is 0. The van der Waals surface area contributed by atoms with Crippen molar-refractivity contribution >= 4 is 52.1 Å². The molecule has 1 aromatic carbocycles. The van der Waals surface area contributed by atoms with E-state index in [9.17, 15) is 31.5 Å². The molecule has 0 saturated carbocycles. The van der Waals surface area contributed by atoms with Gasteiger partial charge in [-0.15, -0.1) is 11.3 Å². The first kappa shape index (κ1) is 26.6. The smallest absolute Gasteiger partial charge is 0.374 e. The molecule has 36 heavy (non-hydrogen) atoms. The normalized spacial score (nSPS) is 19.0. The largest absolute Gasteiger partial charge is 0.435 e. The van der Waals surface area contributed by atoms with Gasteiger partial charge in [-0.05, 0) is 42.5 Å². The molecule has 0 bridgehead atoms. The van der Waals surface area contributed by atoms with E-state index in [4.69, 9.17) is 28.0 Å². The van der Waals surface area contributed by atoms with Crippen LogP contribution < -0.4 is 10.6 Å². The summed E-state index contributed by atoms with van der Waals surface area (Å²) >= 11 is 12.5. The van der Waals surface area contributed by atoms with Crippen LogP contribution in [0.2, 0.25) is 10.0 Å². The molecule has 6 nitrogen and oxygen atoms in total. The number of alkyl halides is 4. The molecule has 1 aliphatic carbocycles. The molecule has 2 aromatic rings. The van der Waals surface area contributed by atoms with Crippen molar-refractivity contribution in [2.24, 2.45) is 5.16 Å². The lowest BCUT2D eigenvalue weighted by molar-refractivity contribution is -0.275. The molecule has 2 heterocycles. The Hall–Kier alpha value is -2.44. The standard InChI is InChI=1S/C22H18Cl2F5N3O3S/c23-13-6-10(7-14(24)17(13)26)21(22(27,28)29)8-15(32-35-21)18-11-2-1-3-12(11)19(36-18)20(34)31-9-16(33)30-5-4-25/h6-7H,1-5,8-9H2,(H,30,33)(H,31,34)/t21-/m0/s1. The molecule has 0 unspecified atom stereocenters. The number of benzene rings is 1. The Kier molecular flexibility index (Phi) is 7.50. The third-order valence-electron chi connectivity index (χ3n) is 5.90. The number of oxime groups is 1. The molecule has 1 aliphatic heterocycles. The molecule has 0 spiro atoms. The number of carbonyl (C=O) groups is 2. The van der Waals surface area contributed by atoms with Gasteiger partial charge < -0.3 is 15.5 Å². The van der Waals surface area contributed by atoms with Gasteiger partial charge in [0.2, 0.25) is 5.91 Å². The van der Waals surface area contributed by atoms with Gasteiger partial charge in [0, 0.05) is 12.1 Å². The Morgan fingerprint density at radius 3 is 2.44 bits per heavy atom. The predicted molar refractivity (Wildman–Crippen MR) is 124 cm³/mol. The molecular formula is C22H18Cl2F5N3O3S. The minimum atomic E-state index is -4.96. The highest BCUT2D eigenvalue weighted by Gasteiger charge is 2.63. The monoisotopic (exact) mass is 569 g/mol. The molecule has 1 atom stereocenters. The van der Waals surface area contributed by atoms with E-state index in [0.29, 0.717) is 35.3 Å². The Morgan fingerprint density at radius 1 is 1.14 bits per heavy atom. The van der Waals surface area contributed by atoms with Crippen molar-refractivity contribution < 1.29 is 36.4 Å². The van der Waals surface area contributed by atoms with E-state index in [0.717, 1.165) is 23.5 Å². The zero-order valence-electron chi connectivity index (χ0n) is 18.3. The zero-order chi connectivity index (χ0) is 26.3. The minimum Gasteiger partial charge on any atom is -0.374 e.